The van der Waals surface area contributed by atoms with E-state index in [1.54, 1.807) is 24.3 Å². The number of hydrogen-bond acceptors (Lipinski definition) is 7. The molecule has 174 valence electrons. The van der Waals surface area contributed by atoms with Gasteiger partial charge in [0, 0.05) is 38.0 Å². The summed E-state index contributed by atoms with van der Waals surface area (Å²) in [6.07, 6.45) is 1.33. The third kappa shape index (κ3) is 5.20. The molecule has 1 atom stereocenters. The van der Waals surface area contributed by atoms with Gasteiger partial charge in [-0.2, -0.15) is 0 Å². The summed E-state index contributed by atoms with van der Waals surface area (Å²) < 4.78 is 10.6. The quantitative estimate of drug-likeness (QED) is 0.145. The van der Waals surface area contributed by atoms with E-state index >= 15 is 0 Å². The van der Waals surface area contributed by atoms with Crippen molar-refractivity contribution in [2.75, 3.05) is 26.9 Å². The first kappa shape index (κ1) is 23.9. The average molecular weight is 454 g/mol. The van der Waals surface area contributed by atoms with Crippen LogP contribution in [0.2, 0.25) is 0 Å². The number of nitrogens with zero attached hydrogens (tertiary/aromatic N) is 2. The molecule has 1 amide bonds. The molecule has 1 aliphatic rings. The molecule has 2 aromatic rings. The number of benzene rings is 2. The second-order valence-corrected chi connectivity index (χ2v) is 7.56. The van der Waals surface area contributed by atoms with Crippen LogP contribution in [0, 0.1) is 10.1 Å². The summed E-state index contributed by atoms with van der Waals surface area (Å²) >= 11 is 0. The van der Waals surface area contributed by atoms with E-state index in [1.165, 1.54) is 36.3 Å². The largest absolute Gasteiger partial charge is 0.507 e. The molecule has 9 heteroatoms. The third-order valence-corrected chi connectivity index (χ3v) is 5.31. The van der Waals surface area contributed by atoms with Crippen LogP contribution < -0.4 is 4.74 Å². The lowest BCUT2D eigenvalue weighted by Crippen LogP contribution is -2.31. The van der Waals surface area contributed by atoms with E-state index < -0.39 is 22.7 Å². The number of amides is 1. The van der Waals surface area contributed by atoms with E-state index in [2.05, 4.69) is 0 Å². The molecule has 1 fully saturated rings. The Kier molecular flexibility index (Phi) is 7.78. The van der Waals surface area contributed by atoms with Crippen molar-refractivity contribution in [1.82, 2.24) is 4.90 Å². The average Bonchev–Trinajstić information content (AvgIpc) is 3.08. The maximum absolute atomic E-state index is 13.0. The zero-order chi connectivity index (χ0) is 24.0. The fourth-order valence-corrected chi connectivity index (χ4v) is 3.70. The molecule has 1 saturated heterocycles. The van der Waals surface area contributed by atoms with Gasteiger partial charge in [0.1, 0.15) is 11.5 Å². The fourth-order valence-electron chi connectivity index (χ4n) is 3.70. The van der Waals surface area contributed by atoms with Gasteiger partial charge >= 0.3 is 0 Å². The third-order valence-electron chi connectivity index (χ3n) is 5.31. The summed E-state index contributed by atoms with van der Waals surface area (Å²) in [5, 5.41) is 22.1. The van der Waals surface area contributed by atoms with Gasteiger partial charge in [-0.3, -0.25) is 19.7 Å². The fraction of sp³-hybridized carbons (Fsp3) is 0.333. The van der Waals surface area contributed by atoms with Gasteiger partial charge in [0.25, 0.3) is 17.4 Å². The Hall–Kier alpha value is -3.72. The van der Waals surface area contributed by atoms with Crippen molar-refractivity contribution in [3.63, 3.8) is 0 Å². The van der Waals surface area contributed by atoms with E-state index in [0.717, 1.165) is 6.42 Å². The van der Waals surface area contributed by atoms with Crippen molar-refractivity contribution in [3.8, 4) is 5.75 Å². The SMILES string of the molecule is CCCOc1ccc(/C(O)=C2\C(=O)C(=O)N(CCCOC)C2c2ccc([N+](=O)[O-])cc2)cc1. The second-order valence-electron chi connectivity index (χ2n) is 7.56. The zero-order valence-electron chi connectivity index (χ0n) is 18.5. The highest BCUT2D eigenvalue weighted by Crippen LogP contribution is 2.40. The molecule has 1 unspecified atom stereocenters. The lowest BCUT2D eigenvalue weighted by Gasteiger charge is -2.25. The van der Waals surface area contributed by atoms with Crippen LogP contribution in [0.25, 0.3) is 5.76 Å². The van der Waals surface area contributed by atoms with E-state index in [-0.39, 0.29) is 23.6 Å². The van der Waals surface area contributed by atoms with Gasteiger partial charge in [-0.25, -0.2) is 0 Å². The first-order valence-corrected chi connectivity index (χ1v) is 10.6. The number of aliphatic hydroxyl groups is 1. The van der Waals surface area contributed by atoms with E-state index in [4.69, 9.17) is 9.47 Å². The number of rotatable bonds is 10. The molecule has 0 aromatic heterocycles. The zero-order valence-corrected chi connectivity index (χ0v) is 18.5. The minimum Gasteiger partial charge on any atom is -0.507 e. The number of ether oxygens (including phenoxy) is 2. The van der Waals surface area contributed by atoms with E-state index in [0.29, 0.717) is 36.5 Å². The van der Waals surface area contributed by atoms with Gasteiger partial charge in [-0.05, 0) is 54.8 Å². The summed E-state index contributed by atoms with van der Waals surface area (Å²) in [5.41, 5.74) is 0.675. The number of carbonyl (C=O) groups is 2. The van der Waals surface area contributed by atoms with Gasteiger partial charge in [-0.15, -0.1) is 0 Å². The standard InChI is InChI=1S/C24H26N2O7/c1-3-14-33-19-11-7-17(8-12-19)22(27)20-21(16-5-9-18(10-6-16)26(30)31)25(13-4-15-32-2)24(29)23(20)28/h5-12,21,27H,3-4,13-15H2,1-2H3/b22-20+. The van der Waals surface area contributed by atoms with Gasteiger partial charge in [0.15, 0.2) is 0 Å². The topological polar surface area (TPSA) is 119 Å². The van der Waals surface area contributed by atoms with Crippen LogP contribution in [0.4, 0.5) is 5.69 Å². The number of Topliss-reactive ketones (excluding diaryl/α,β-unsaturated/α-hetero) is 1. The number of hydrogen-bond donors (Lipinski definition) is 1. The van der Waals surface area contributed by atoms with Crippen molar-refractivity contribution in [2.24, 2.45) is 0 Å². The number of aliphatic hydroxyl groups excluding tert-OH is 1. The van der Waals surface area contributed by atoms with Crippen molar-refractivity contribution in [2.45, 2.75) is 25.8 Å². The first-order chi connectivity index (χ1) is 15.9. The molecule has 0 spiro atoms. The Morgan fingerprint density at radius 2 is 1.76 bits per heavy atom. The number of nitro benzene ring substituents is 1. The van der Waals surface area contributed by atoms with Gasteiger partial charge in [0.05, 0.1) is 23.1 Å². The maximum atomic E-state index is 13.0. The van der Waals surface area contributed by atoms with E-state index in [1.807, 2.05) is 6.92 Å². The minimum absolute atomic E-state index is 0.0616. The Morgan fingerprint density at radius 3 is 2.33 bits per heavy atom. The molecular weight excluding hydrogens is 428 g/mol. The molecule has 0 bridgehead atoms. The number of nitro groups is 1. The highest BCUT2D eigenvalue weighted by atomic mass is 16.6. The maximum Gasteiger partial charge on any atom is 0.295 e. The lowest BCUT2D eigenvalue weighted by atomic mass is 9.95. The Balaban J connectivity index is 2.04. The van der Waals surface area contributed by atoms with Crippen molar-refractivity contribution >= 4 is 23.1 Å². The van der Waals surface area contributed by atoms with Crippen molar-refractivity contribution < 1.29 is 29.1 Å². The predicted octanol–water partition coefficient (Wildman–Crippen LogP) is 3.84. The Morgan fingerprint density at radius 1 is 1.09 bits per heavy atom. The molecular formula is C24H26N2O7. The molecule has 2 aromatic carbocycles. The number of carbonyl (C=O) groups excluding carboxylic acids is 2. The van der Waals surface area contributed by atoms with Crippen LogP contribution in [0.15, 0.2) is 54.1 Å². The summed E-state index contributed by atoms with van der Waals surface area (Å²) in [5.74, 6) is -1.23. The molecule has 9 nitrogen and oxygen atoms in total. The monoisotopic (exact) mass is 454 g/mol. The summed E-state index contributed by atoms with van der Waals surface area (Å²) in [6.45, 7) is 3.15. The molecule has 33 heavy (non-hydrogen) atoms. The first-order valence-electron chi connectivity index (χ1n) is 10.6. The van der Waals surface area contributed by atoms with Crippen LogP contribution >= 0.6 is 0 Å². The summed E-state index contributed by atoms with van der Waals surface area (Å²) in [6, 6.07) is 11.3. The summed E-state index contributed by atoms with van der Waals surface area (Å²) in [4.78, 5) is 37.7. The van der Waals surface area contributed by atoms with Gasteiger partial charge in [0.2, 0.25) is 0 Å². The number of ketones is 1. The van der Waals surface area contributed by atoms with Crippen molar-refractivity contribution in [1.29, 1.82) is 0 Å². The number of non-ortho nitro benzene ring substituents is 1. The normalized spacial score (nSPS) is 17.4. The van der Waals surface area contributed by atoms with Crippen LogP contribution in [0.1, 0.15) is 36.9 Å². The molecule has 1 aliphatic heterocycles. The molecule has 0 radical (unpaired) electrons. The van der Waals surface area contributed by atoms with Crippen LogP contribution in [0.5, 0.6) is 5.75 Å². The van der Waals surface area contributed by atoms with Gasteiger partial charge in [-0.1, -0.05) is 6.92 Å². The molecule has 0 aliphatic carbocycles. The molecule has 1 N–H and O–H groups in total. The number of likely N-dealkylation sites (tertiary alicyclic amines) is 1. The highest BCUT2D eigenvalue weighted by molar-refractivity contribution is 6.46. The highest BCUT2D eigenvalue weighted by Gasteiger charge is 2.45. The minimum atomic E-state index is -0.876. The summed E-state index contributed by atoms with van der Waals surface area (Å²) in [7, 11) is 1.54. The van der Waals surface area contributed by atoms with Crippen molar-refractivity contribution in [3.05, 3.63) is 75.3 Å². The Bertz CT molecular complexity index is 1050. The van der Waals surface area contributed by atoms with Crippen LogP contribution in [0.3, 0.4) is 0 Å². The smallest absolute Gasteiger partial charge is 0.295 e. The lowest BCUT2D eigenvalue weighted by molar-refractivity contribution is -0.384. The second kappa shape index (κ2) is 10.7. The number of methoxy groups -OCH3 is 1. The molecule has 1 heterocycles. The Labute approximate surface area is 191 Å². The molecule has 3 rings (SSSR count). The predicted molar refractivity (Wildman–Crippen MR) is 121 cm³/mol. The van der Waals surface area contributed by atoms with Crippen LogP contribution in [-0.4, -0.2) is 53.5 Å². The molecule has 0 saturated carbocycles. The van der Waals surface area contributed by atoms with Gasteiger partial charge < -0.3 is 19.5 Å². The van der Waals surface area contributed by atoms with E-state index in [9.17, 15) is 24.8 Å². The van der Waals surface area contributed by atoms with Crippen LogP contribution in [-0.2, 0) is 14.3 Å².